The molecule has 3 rings (SSSR count). The Hall–Kier alpha value is -1.94. The van der Waals surface area contributed by atoms with Crippen molar-refractivity contribution in [2.75, 3.05) is 5.88 Å². The lowest BCUT2D eigenvalue weighted by Crippen LogP contribution is -2.07. The smallest absolute Gasteiger partial charge is 0.151 e. The Morgan fingerprint density at radius 1 is 1.29 bits per heavy atom. The van der Waals surface area contributed by atoms with Gasteiger partial charge >= 0.3 is 0 Å². The third-order valence-corrected chi connectivity index (χ3v) is 3.78. The molecule has 0 fully saturated rings. The lowest BCUT2D eigenvalue weighted by Gasteiger charge is -2.10. The summed E-state index contributed by atoms with van der Waals surface area (Å²) in [5, 5.41) is 0. The molecule has 3 aromatic rings. The Kier molecular flexibility index (Phi) is 3.88. The van der Waals surface area contributed by atoms with E-state index in [-0.39, 0.29) is 5.82 Å². The maximum Gasteiger partial charge on any atom is 0.151 e. The molecule has 0 saturated heterocycles. The molecule has 5 heteroatoms. The zero-order valence-electron chi connectivity index (χ0n) is 11.7. The van der Waals surface area contributed by atoms with Gasteiger partial charge in [-0.3, -0.25) is 4.98 Å². The predicted molar refractivity (Wildman–Crippen MR) is 82.2 cm³/mol. The molecule has 0 bridgehead atoms. The fourth-order valence-electron chi connectivity index (χ4n) is 2.46. The summed E-state index contributed by atoms with van der Waals surface area (Å²) in [4.78, 5) is 8.52. The Balaban J connectivity index is 2.13. The molecule has 0 spiro atoms. The third kappa shape index (κ3) is 2.63. The van der Waals surface area contributed by atoms with Gasteiger partial charge in [0.05, 0.1) is 5.52 Å². The van der Waals surface area contributed by atoms with E-state index in [0.717, 1.165) is 22.5 Å². The SMILES string of the molecule is Cc1cnccc1Cn1c(CCCl)nc2c(F)cccc21. The van der Waals surface area contributed by atoms with E-state index in [1.54, 1.807) is 12.3 Å². The van der Waals surface area contributed by atoms with Gasteiger partial charge in [-0.1, -0.05) is 6.07 Å². The quantitative estimate of drug-likeness (QED) is 0.688. The van der Waals surface area contributed by atoms with Crippen molar-refractivity contribution in [1.82, 2.24) is 14.5 Å². The summed E-state index contributed by atoms with van der Waals surface area (Å²) in [5.41, 5.74) is 3.45. The lowest BCUT2D eigenvalue weighted by atomic mass is 10.1. The number of para-hydroxylation sites is 1. The number of hydrogen-bond acceptors (Lipinski definition) is 2. The van der Waals surface area contributed by atoms with Crippen molar-refractivity contribution in [2.45, 2.75) is 19.9 Å². The second-order valence-electron chi connectivity index (χ2n) is 4.96. The molecular weight excluding hydrogens is 289 g/mol. The number of alkyl halides is 1. The number of hydrogen-bond donors (Lipinski definition) is 0. The summed E-state index contributed by atoms with van der Waals surface area (Å²) in [7, 11) is 0. The van der Waals surface area contributed by atoms with Crippen molar-refractivity contribution in [2.24, 2.45) is 0 Å². The van der Waals surface area contributed by atoms with Crippen LogP contribution in [0.1, 0.15) is 17.0 Å². The van der Waals surface area contributed by atoms with Gasteiger partial charge in [-0.05, 0) is 36.2 Å². The summed E-state index contributed by atoms with van der Waals surface area (Å²) < 4.78 is 15.9. The number of nitrogens with zero attached hydrogens (tertiary/aromatic N) is 3. The molecule has 0 saturated carbocycles. The highest BCUT2D eigenvalue weighted by Gasteiger charge is 2.14. The molecule has 21 heavy (non-hydrogen) atoms. The molecule has 108 valence electrons. The van der Waals surface area contributed by atoms with E-state index in [1.165, 1.54) is 6.07 Å². The van der Waals surface area contributed by atoms with Crippen molar-refractivity contribution in [3.05, 3.63) is 59.4 Å². The maximum absolute atomic E-state index is 13.9. The monoisotopic (exact) mass is 303 g/mol. The van der Waals surface area contributed by atoms with Crippen LogP contribution < -0.4 is 0 Å². The number of aryl methyl sites for hydroxylation is 2. The van der Waals surface area contributed by atoms with Gasteiger partial charge < -0.3 is 4.57 Å². The molecule has 1 aromatic carbocycles. The molecule has 0 aliphatic carbocycles. The van der Waals surface area contributed by atoms with Crippen molar-refractivity contribution in [1.29, 1.82) is 0 Å². The lowest BCUT2D eigenvalue weighted by molar-refractivity contribution is 0.637. The number of imidazole rings is 1. The van der Waals surface area contributed by atoms with Crippen LogP contribution in [0.2, 0.25) is 0 Å². The van der Waals surface area contributed by atoms with E-state index in [4.69, 9.17) is 11.6 Å². The minimum absolute atomic E-state index is 0.298. The van der Waals surface area contributed by atoms with Gasteiger partial charge in [0.1, 0.15) is 11.3 Å². The van der Waals surface area contributed by atoms with Gasteiger partial charge in [-0.25, -0.2) is 9.37 Å². The van der Waals surface area contributed by atoms with E-state index in [1.807, 2.05) is 29.8 Å². The first-order valence-electron chi connectivity index (χ1n) is 6.80. The first-order valence-corrected chi connectivity index (χ1v) is 7.33. The minimum Gasteiger partial charge on any atom is -0.323 e. The standard InChI is InChI=1S/C16H15ClFN3/c1-11-9-19-8-6-12(11)10-21-14-4-2-3-13(18)16(14)20-15(21)5-7-17/h2-4,6,8-9H,5,7,10H2,1H3. The molecule has 0 aliphatic heterocycles. The third-order valence-electron chi connectivity index (χ3n) is 3.59. The normalized spacial score (nSPS) is 11.2. The Morgan fingerprint density at radius 2 is 2.14 bits per heavy atom. The fraction of sp³-hybridized carbons (Fsp3) is 0.250. The highest BCUT2D eigenvalue weighted by molar-refractivity contribution is 6.17. The number of benzene rings is 1. The van der Waals surface area contributed by atoms with Gasteiger partial charge in [0, 0.05) is 31.2 Å². The Morgan fingerprint density at radius 3 is 2.90 bits per heavy atom. The van der Waals surface area contributed by atoms with Crippen molar-refractivity contribution < 1.29 is 4.39 Å². The zero-order chi connectivity index (χ0) is 14.8. The number of halogens is 2. The van der Waals surface area contributed by atoms with E-state index < -0.39 is 0 Å². The number of pyridine rings is 1. The van der Waals surface area contributed by atoms with Crippen LogP contribution in [0.25, 0.3) is 11.0 Å². The van der Waals surface area contributed by atoms with Crippen LogP contribution in [0.15, 0.2) is 36.7 Å². The van der Waals surface area contributed by atoms with Crippen LogP contribution in [0.5, 0.6) is 0 Å². The second-order valence-corrected chi connectivity index (χ2v) is 5.34. The molecule has 2 aromatic heterocycles. The van der Waals surface area contributed by atoms with E-state index in [9.17, 15) is 4.39 Å². The summed E-state index contributed by atoms with van der Waals surface area (Å²) >= 11 is 5.85. The molecule has 0 amide bonds. The van der Waals surface area contributed by atoms with Gasteiger partial charge in [-0.2, -0.15) is 0 Å². The van der Waals surface area contributed by atoms with Gasteiger partial charge in [0.25, 0.3) is 0 Å². The van der Waals surface area contributed by atoms with Crippen molar-refractivity contribution >= 4 is 22.6 Å². The summed E-state index contributed by atoms with van der Waals surface area (Å²) in [6, 6.07) is 7.01. The second kappa shape index (κ2) is 5.82. The molecule has 0 N–H and O–H groups in total. The maximum atomic E-state index is 13.9. The summed E-state index contributed by atoms with van der Waals surface area (Å²) in [6.45, 7) is 2.66. The molecule has 0 radical (unpaired) electrons. The number of aromatic nitrogens is 3. The highest BCUT2D eigenvalue weighted by Crippen LogP contribution is 2.22. The van der Waals surface area contributed by atoms with Gasteiger partial charge in [-0.15, -0.1) is 11.6 Å². The van der Waals surface area contributed by atoms with E-state index in [2.05, 4.69) is 9.97 Å². The molecule has 0 unspecified atom stereocenters. The summed E-state index contributed by atoms with van der Waals surface area (Å²) in [6.07, 6.45) is 4.21. The molecular formula is C16H15ClFN3. The average molecular weight is 304 g/mol. The minimum atomic E-state index is -0.298. The van der Waals surface area contributed by atoms with Crippen LogP contribution >= 0.6 is 11.6 Å². The number of fused-ring (bicyclic) bond motifs is 1. The Bertz CT molecular complexity index is 782. The van der Waals surface area contributed by atoms with E-state index in [0.29, 0.717) is 24.4 Å². The van der Waals surface area contributed by atoms with E-state index >= 15 is 0 Å². The van der Waals surface area contributed by atoms with Crippen LogP contribution in [-0.2, 0) is 13.0 Å². The van der Waals surface area contributed by atoms with Crippen LogP contribution in [0, 0.1) is 12.7 Å². The largest absolute Gasteiger partial charge is 0.323 e. The first-order chi connectivity index (χ1) is 10.2. The van der Waals surface area contributed by atoms with Crippen LogP contribution in [0.3, 0.4) is 0 Å². The Labute approximate surface area is 127 Å². The predicted octanol–water partition coefficient (Wildman–Crippen LogP) is 3.71. The first kappa shape index (κ1) is 14.0. The van der Waals surface area contributed by atoms with Crippen molar-refractivity contribution in [3.8, 4) is 0 Å². The molecule has 0 aliphatic rings. The zero-order valence-corrected chi connectivity index (χ0v) is 12.4. The van der Waals surface area contributed by atoms with Gasteiger partial charge in [0.2, 0.25) is 0 Å². The number of rotatable bonds is 4. The van der Waals surface area contributed by atoms with Crippen molar-refractivity contribution in [3.63, 3.8) is 0 Å². The summed E-state index contributed by atoms with van der Waals surface area (Å²) in [5.74, 6) is 0.968. The molecule has 0 atom stereocenters. The van der Waals surface area contributed by atoms with Crippen LogP contribution in [-0.4, -0.2) is 20.4 Å². The molecule has 3 nitrogen and oxygen atoms in total. The average Bonchev–Trinajstić information content (AvgIpc) is 2.82. The highest BCUT2D eigenvalue weighted by atomic mass is 35.5. The topological polar surface area (TPSA) is 30.7 Å². The van der Waals surface area contributed by atoms with Gasteiger partial charge in [0.15, 0.2) is 5.82 Å². The fourth-order valence-corrected chi connectivity index (χ4v) is 2.63. The molecule has 2 heterocycles. The van der Waals surface area contributed by atoms with Crippen LogP contribution in [0.4, 0.5) is 4.39 Å².